The highest BCUT2D eigenvalue weighted by Crippen LogP contribution is 2.54. The van der Waals surface area contributed by atoms with Crippen molar-refractivity contribution in [3.8, 4) is 0 Å². The van der Waals surface area contributed by atoms with Crippen molar-refractivity contribution in [1.82, 2.24) is 10.2 Å². The molecule has 1 fully saturated rings. The van der Waals surface area contributed by atoms with Crippen molar-refractivity contribution in [1.29, 1.82) is 0 Å². The average Bonchev–Trinajstić information content (AvgIpc) is 3.86. The van der Waals surface area contributed by atoms with Crippen LogP contribution in [0.3, 0.4) is 0 Å². The smallest absolute Gasteiger partial charge is 0.207 e. The minimum Gasteiger partial charge on any atom is -0.382 e. The van der Waals surface area contributed by atoms with E-state index in [2.05, 4.69) is 237 Å². The van der Waals surface area contributed by atoms with Gasteiger partial charge in [-0.25, -0.2) is 0 Å². The quantitative estimate of drug-likeness (QED) is 0.0824. The predicted octanol–water partition coefficient (Wildman–Crippen LogP) is 18.4. The molecule has 0 bridgehead atoms. The Bertz CT molecular complexity index is 2790. The van der Waals surface area contributed by atoms with E-state index in [0.29, 0.717) is 17.8 Å². The van der Waals surface area contributed by atoms with Gasteiger partial charge < -0.3 is 10.2 Å². The number of nitrogens with one attached hydrogen (secondary N) is 1. The molecule has 1 radical (unpaired) electrons. The summed E-state index contributed by atoms with van der Waals surface area (Å²) in [7, 11) is 2.58. The molecule has 73 heavy (non-hydrogen) atoms. The first-order valence-corrected chi connectivity index (χ1v) is 29.4. The third kappa shape index (κ3) is 11.4. The number of thiophene rings is 1. The summed E-state index contributed by atoms with van der Waals surface area (Å²) in [5, 5.41) is 5.34. The molecule has 387 valence electrons. The van der Waals surface area contributed by atoms with Crippen molar-refractivity contribution in [3.63, 3.8) is 0 Å². The lowest BCUT2D eigenvalue weighted by Gasteiger charge is -2.45. The summed E-state index contributed by atoms with van der Waals surface area (Å²) in [6.07, 6.45) is 40.0. The molecule has 2 nitrogen and oxygen atoms in total. The standard InChI is InChI=1S/C69H92BN2S/c1-16-20-21-22-23-24-30-56-57(66(8,9)36-35-65(56,6)7)34-40-72(51(27-17-2)33-39-71-50-31-32-53-52-28-25-26-29-55(52)69(14,15)58(53)44-50)62-42-48(19-4)54(47(5)18-3)45-61(62)70-64-43-49-41-59-60(46-63(49)73-64)68(12,13)38-37-67(59,10)11/h16-17,20-22,25-31,33-34,41,43-48,53,71H,18-19,23-24,32,35-40,42H2,1-15H3/b20-16-,22-21-,27-17-,51-33+,56-30+,57-34+. The van der Waals surface area contributed by atoms with E-state index < -0.39 is 0 Å². The van der Waals surface area contributed by atoms with Gasteiger partial charge in [0.05, 0.1) is 0 Å². The van der Waals surface area contributed by atoms with Crippen LogP contribution in [0.2, 0.25) is 0 Å². The highest BCUT2D eigenvalue weighted by Gasteiger charge is 2.43. The molecule has 3 atom stereocenters. The normalized spacial score (nSPS) is 24.5. The topological polar surface area (TPSA) is 15.3 Å². The van der Waals surface area contributed by atoms with Crippen LogP contribution >= 0.6 is 11.3 Å². The van der Waals surface area contributed by atoms with Crippen molar-refractivity contribution < 1.29 is 0 Å². The van der Waals surface area contributed by atoms with Gasteiger partial charge in [-0.3, -0.25) is 0 Å². The minimum atomic E-state index is 0.0232. The molecule has 1 heterocycles. The van der Waals surface area contributed by atoms with Gasteiger partial charge in [-0.1, -0.05) is 186 Å². The third-order valence-electron chi connectivity index (χ3n) is 18.4. The maximum Gasteiger partial charge on any atom is 0.207 e. The molecule has 1 saturated carbocycles. The lowest BCUT2D eigenvalue weighted by Crippen LogP contribution is -2.34. The highest BCUT2D eigenvalue weighted by atomic mass is 32.1. The second kappa shape index (κ2) is 22.0. The summed E-state index contributed by atoms with van der Waals surface area (Å²) in [4.78, 5) is 2.74. The van der Waals surface area contributed by atoms with Gasteiger partial charge in [-0.15, -0.1) is 0 Å². The van der Waals surface area contributed by atoms with Crippen molar-refractivity contribution in [3.05, 3.63) is 182 Å². The monoisotopic (exact) mass is 992 g/mol. The van der Waals surface area contributed by atoms with E-state index >= 15 is 0 Å². The van der Waals surface area contributed by atoms with Crippen LogP contribution in [-0.4, -0.2) is 25.3 Å². The number of rotatable bonds is 17. The summed E-state index contributed by atoms with van der Waals surface area (Å²) < 4.78 is 2.76. The van der Waals surface area contributed by atoms with E-state index in [1.54, 1.807) is 22.3 Å². The predicted molar refractivity (Wildman–Crippen MR) is 322 cm³/mol. The van der Waals surface area contributed by atoms with E-state index in [0.717, 1.165) is 51.6 Å². The molecule has 0 aliphatic heterocycles. The summed E-state index contributed by atoms with van der Waals surface area (Å²) in [6.45, 7) is 37.7. The molecule has 5 aliphatic carbocycles. The zero-order valence-corrected chi connectivity index (χ0v) is 48.9. The fraction of sp³-hybridized carbons (Fsp3) is 0.507. The van der Waals surface area contributed by atoms with Gasteiger partial charge in [0.2, 0.25) is 7.28 Å². The SMILES string of the molecule is C/C=C\C=C/CC/C=C1\C(=C/CN(C2=C([B]c3cc4cc5c(cc4s3)C(C)(C)CCC5(C)C)C=C(C(C)CC)C(CC)C2)C(/C=C\C)=C/CNC2=CCC3C(=C2)C(C)(C)c2ccccc23)C(C)(C)CCC1(C)C. The summed E-state index contributed by atoms with van der Waals surface area (Å²) in [6, 6.07) is 16.8. The van der Waals surface area contributed by atoms with Gasteiger partial charge >= 0.3 is 0 Å². The summed E-state index contributed by atoms with van der Waals surface area (Å²) in [5.41, 5.74) is 18.2. The van der Waals surface area contributed by atoms with E-state index in [9.17, 15) is 0 Å². The van der Waals surface area contributed by atoms with Gasteiger partial charge in [0.1, 0.15) is 0 Å². The van der Waals surface area contributed by atoms with Crippen LogP contribution in [0.15, 0.2) is 160 Å². The number of benzene rings is 2. The molecule has 2 aromatic carbocycles. The molecule has 4 heteroatoms. The van der Waals surface area contributed by atoms with E-state index in [1.165, 1.54) is 85.4 Å². The Balaban J connectivity index is 1.24. The largest absolute Gasteiger partial charge is 0.382 e. The van der Waals surface area contributed by atoms with Gasteiger partial charge in [0, 0.05) is 46.2 Å². The molecule has 0 amide bonds. The molecule has 1 aromatic heterocycles. The molecule has 5 aliphatic rings. The minimum absolute atomic E-state index is 0.0232. The highest BCUT2D eigenvalue weighted by molar-refractivity contribution is 7.27. The van der Waals surface area contributed by atoms with Crippen LogP contribution in [0, 0.1) is 22.7 Å². The second-order valence-corrected chi connectivity index (χ2v) is 26.7. The maximum absolute atomic E-state index is 3.95. The summed E-state index contributed by atoms with van der Waals surface area (Å²) >= 11 is 1.98. The number of hydrogen-bond acceptors (Lipinski definition) is 3. The van der Waals surface area contributed by atoms with Crippen LogP contribution in [0.4, 0.5) is 0 Å². The van der Waals surface area contributed by atoms with E-state index in [-0.39, 0.29) is 27.1 Å². The third-order valence-corrected chi connectivity index (χ3v) is 19.4. The Morgan fingerprint density at radius 2 is 1.48 bits per heavy atom. The zero-order valence-electron chi connectivity index (χ0n) is 48.1. The van der Waals surface area contributed by atoms with Crippen molar-refractivity contribution in [2.24, 2.45) is 22.7 Å². The van der Waals surface area contributed by atoms with Crippen molar-refractivity contribution in [2.75, 3.05) is 13.1 Å². The zero-order chi connectivity index (χ0) is 52.5. The molecular weight excluding hydrogens is 900 g/mol. The lowest BCUT2D eigenvalue weighted by molar-refractivity contribution is 0.257. The number of fused-ring (bicyclic) bond motifs is 5. The number of nitrogens with zero attached hydrogens (tertiary/aromatic N) is 1. The Morgan fingerprint density at radius 1 is 0.795 bits per heavy atom. The fourth-order valence-corrected chi connectivity index (χ4v) is 14.3. The Labute approximate surface area is 449 Å². The van der Waals surface area contributed by atoms with Crippen LogP contribution in [-0.2, 0) is 16.2 Å². The lowest BCUT2D eigenvalue weighted by atomic mass is 9.60. The molecule has 8 rings (SSSR count). The Morgan fingerprint density at radius 3 is 2.16 bits per heavy atom. The maximum atomic E-state index is 3.95. The van der Waals surface area contributed by atoms with Crippen molar-refractivity contribution >= 4 is 33.5 Å². The first kappa shape index (κ1) is 54.7. The fourth-order valence-electron chi connectivity index (χ4n) is 13.3. The molecular formula is C69H92BN2S. The van der Waals surface area contributed by atoms with Gasteiger partial charge in [-0.2, -0.15) is 11.3 Å². The van der Waals surface area contributed by atoms with Gasteiger partial charge in [0.25, 0.3) is 0 Å². The van der Waals surface area contributed by atoms with Crippen LogP contribution in [0.25, 0.3) is 10.1 Å². The van der Waals surface area contributed by atoms with Crippen molar-refractivity contribution in [2.45, 2.75) is 190 Å². The first-order valence-electron chi connectivity index (χ1n) is 28.6. The number of allylic oxidation sites excluding steroid dienone is 16. The summed E-state index contributed by atoms with van der Waals surface area (Å²) in [5.74, 6) is 1.48. The van der Waals surface area contributed by atoms with Gasteiger partial charge in [0.15, 0.2) is 0 Å². The average molecular weight is 992 g/mol. The second-order valence-electron chi connectivity index (χ2n) is 25.6. The van der Waals surface area contributed by atoms with E-state index in [4.69, 9.17) is 0 Å². The Kier molecular flexibility index (Phi) is 16.5. The van der Waals surface area contributed by atoms with Crippen LogP contribution in [0.5, 0.6) is 0 Å². The van der Waals surface area contributed by atoms with Crippen LogP contribution in [0.1, 0.15) is 196 Å². The Hall–Kier alpha value is -4.54. The molecule has 3 aromatic rings. The number of hydrogen-bond donors (Lipinski definition) is 1. The van der Waals surface area contributed by atoms with Crippen LogP contribution < -0.4 is 10.1 Å². The van der Waals surface area contributed by atoms with E-state index in [1.807, 2.05) is 11.3 Å². The van der Waals surface area contributed by atoms with Gasteiger partial charge in [-0.05, 0) is 192 Å². The number of unbranched alkanes of at least 4 members (excludes halogenated alkanes) is 1. The first-order chi connectivity index (χ1) is 34.6. The molecule has 1 N–H and O–H groups in total. The molecule has 0 spiro atoms. The molecule has 3 unspecified atom stereocenters. The molecule has 0 saturated heterocycles.